The third kappa shape index (κ3) is 2.17. The molecule has 1 aromatic heterocycles. The second kappa shape index (κ2) is 3.79. The molecule has 0 amide bonds. The van der Waals surface area contributed by atoms with Crippen LogP contribution in [0.5, 0.6) is 0 Å². The fraction of sp³-hybridized carbons (Fsp3) is 0.417. The van der Waals surface area contributed by atoms with E-state index in [0.29, 0.717) is 5.89 Å². The van der Waals surface area contributed by atoms with Crippen LogP contribution in [0.15, 0.2) is 22.6 Å². The summed E-state index contributed by atoms with van der Waals surface area (Å²) in [4.78, 5) is 4.26. The van der Waals surface area contributed by atoms with Gasteiger partial charge in [0.15, 0.2) is 11.5 Å². The summed E-state index contributed by atoms with van der Waals surface area (Å²) in [6, 6.07) is 5.72. The zero-order valence-corrected chi connectivity index (χ0v) is 9.74. The largest absolute Gasteiger partial charge is 0.441 e. The average molecular weight is 220 g/mol. The summed E-state index contributed by atoms with van der Waals surface area (Å²) in [5.41, 5.74) is 2.20. The summed E-state index contributed by atoms with van der Waals surface area (Å²) < 4.78 is 5.39. The number of benzene rings is 1. The van der Waals surface area contributed by atoms with Gasteiger partial charge in [0.1, 0.15) is 5.52 Å². The van der Waals surface area contributed by atoms with Crippen LogP contribution in [0.3, 0.4) is 0 Å². The van der Waals surface area contributed by atoms with Gasteiger partial charge in [-0.25, -0.2) is 4.98 Å². The van der Waals surface area contributed by atoms with Crippen molar-refractivity contribution < 1.29 is 9.52 Å². The third-order valence-electron chi connectivity index (χ3n) is 2.37. The minimum Gasteiger partial charge on any atom is -0.441 e. The van der Waals surface area contributed by atoms with Crippen LogP contribution in [0.2, 0.25) is 0 Å². The molecule has 1 aromatic carbocycles. The number of rotatable bonds is 3. The number of oxazole rings is 1. The van der Waals surface area contributed by atoms with E-state index < -0.39 is 0 Å². The van der Waals surface area contributed by atoms with Crippen molar-refractivity contribution in [1.82, 2.24) is 4.98 Å². The molecule has 4 nitrogen and oxygen atoms in total. The molecule has 1 heterocycles. The molecule has 2 N–H and O–H groups in total. The van der Waals surface area contributed by atoms with E-state index in [1.165, 1.54) is 0 Å². The number of aliphatic hydroxyl groups excluding tert-OH is 1. The van der Waals surface area contributed by atoms with E-state index in [1.54, 1.807) is 0 Å². The van der Waals surface area contributed by atoms with Crippen LogP contribution in [0.25, 0.3) is 11.1 Å². The Bertz CT molecular complexity index is 503. The first kappa shape index (κ1) is 11.0. The number of anilines is 1. The van der Waals surface area contributed by atoms with Crippen LogP contribution in [-0.2, 0) is 0 Å². The van der Waals surface area contributed by atoms with Gasteiger partial charge in [-0.3, -0.25) is 0 Å². The molecule has 2 aromatic rings. The number of hydrogen-bond acceptors (Lipinski definition) is 4. The normalized spacial score (nSPS) is 12.0. The first-order chi connectivity index (χ1) is 7.50. The number of nitrogens with zero attached hydrogens (tertiary/aromatic N) is 1. The Morgan fingerprint density at radius 3 is 2.88 bits per heavy atom. The summed E-state index contributed by atoms with van der Waals surface area (Å²) in [5.74, 6) is 0.661. The zero-order valence-electron chi connectivity index (χ0n) is 9.74. The Morgan fingerprint density at radius 1 is 1.44 bits per heavy atom. The van der Waals surface area contributed by atoms with Crippen molar-refractivity contribution in [2.24, 2.45) is 0 Å². The quantitative estimate of drug-likeness (QED) is 0.833. The molecule has 0 saturated carbocycles. The summed E-state index contributed by atoms with van der Waals surface area (Å²) in [7, 11) is 0. The molecule has 0 spiro atoms. The van der Waals surface area contributed by atoms with Crippen molar-refractivity contribution in [3.05, 3.63) is 24.1 Å². The van der Waals surface area contributed by atoms with Gasteiger partial charge < -0.3 is 14.8 Å². The SMILES string of the molecule is Cc1nc2cc(NC(C)(C)CO)ccc2o1. The van der Waals surface area contributed by atoms with E-state index in [1.807, 2.05) is 39.0 Å². The lowest BCUT2D eigenvalue weighted by molar-refractivity contribution is 0.234. The maximum absolute atomic E-state index is 9.18. The van der Waals surface area contributed by atoms with Gasteiger partial charge in [-0.05, 0) is 32.0 Å². The van der Waals surface area contributed by atoms with Gasteiger partial charge in [-0.15, -0.1) is 0 Å². The molecule has 0 aliphatic heterocycles. The van der Waals surface area contributed by atoms with Gasteiger partial charge >= 0.3 is 0 Å². The molecule has 0 aliphatic carbocycles. The fourth-order valence-electron chi connectivity index (χ4n) is 1.55. The number of hydrogen-bond donors (Lipinski definition) is 2. The van der Waals surface area contributed by atoms with Gasteiger partial charge in [0.05, 0.1) is 12.1 Å². The molecule has 86 valence electrons. The molecule has 16 heavy (non-hydrogen) atoms. The Kier molecular flexibility index (Phi) is 2.59. The molecule has 0 saturated heterocycles. The highest BCUT2D eigenvalue weighted by Crippen LogP contribution is 2.21. The van der Waals surface area contributed by atoms with E-state index in [-0.39, 0.29) is 12.1 Å². The van der Waals surface area contributed by atoms with Crippen molar-refractivity contribution in [2.75, 3.05) is 11.9 Å². The van der Waals surface area contributed by atoms with Crippen LogP contribution in [-0.4, -0.2) is 22.2 Å². The molecule has 0 bridgehead atoms. The average Bonchev–Trinajstić information content (AvgIpc) is 2.57. The lowest BCUT2D eigenvalue weighted by Gasteiger charge is -2.24. The third-order valence-corrected chi connectivity index (χ3v) is 2.37. The van der Waals surface area contributed by atoms with Gasteiger partial charge in [-0.2, -0.15) is 0 Å². The van der Waals surface area contributed by atoms with E-state index in [9.17, 15) is 5.11 Å². The van der Waals surface area contributed by atoms with E-state index >= 15 is 0 Å². The van der Waals surface area contributed by atoms with Gasteiger partial charge in [0.2, 0.25) is 0 Å². The smallest absolute Gasteiger partial charge is 0.192 e. The standard InChI is InChI=1S/C12H16N2O2/c1-8-13-10-6-9(4-5-11(10)16-8)14-12(2,3)7-15/h4-6,14-15H,7H2,1-3H3. The Labute approximate surface area is 94.3 Å². The van der Waals surface area contributed by atoms with E-state index in [0.717, 1.165) is 16.8 Å². The highest BCUT2D eigenvalue weighted by Gasteiger charge is 2.16. The molecular weight excluding hydrogens is 204 g/mol. The molecule has 2 rings (SSSR count). The number of nitrogens with one attached hydrogen (secondary N) is 1. The Balaban J connectivity index is 2.32. The predicted octanol–water partition coefficient (Wildman–Crippen LogP) is 2.32. The molecule has 0 atom stereocenters. The van der Waals surface area contributed by atoms with E-state index in [4.69, 9.17) is 4.42 Å². The van der Waals surface area contributed by atoms with Crippen LogP contribution >= 0.6 is 0 Å². The van der Waals surface area contributed by atoms with Gasteiger partial charge in [-0.1, -0.05) is 0 Å². The number of fused-ring (bicyclic) bond motifs is 1. The summed E-state index contributed by atoms with van der Waals surface area (Å²) in [6.45, 7) is 5.77. The van der Waals surface area contributed by atoms with Crippen LogP contribution in [0.4, 0.5) is 5.69 Å². The van der Waals surface area contributed by atoms with Crippen LogP contribution < -0.4 is 5.32 Å². The lowest BCUT2D eigenvalue weighted by Crippen LogP contribution is -2.34. The van der Waals surface area contributed by atoms with Crippen molar-refractivity contribution in [1.29, 1.82) is 0 Å². The molecular formula is C12H16N2O2. The minimum atomic E-state index is -0.341. The Morgan fingerprint density at radius 2 is 2.19 bits per heavy atom. The molecule has 4 heteroatoms. The first-order valence-electron chi connectivity index (χ1n) is 5.26. The second-order valence-corrected chi connectivity index (χ2v) is 4.58. The minimum absolute atomic E-state index is 0.0723. The van der Waals surface area contributed by atoms with Crippen molar-refractivity contribution in [3.63, 3.8) is 0 Å². The number of aromatic nitrogens is 1. The highest BCUT2D eigenvalue weighted by atomic mass is 16.3. The highest BCUT2D eigenvalue weighted by molar-refractivity contribution is 5.77. The van der Waals surface area contributed by atoms with Crippen molar-refractivity contribution >= 4 is 16.8 Å². The summed E-state index contributed by atoms with van der Waals surface area (Å²) >= 11 is 0. The predicted molar refractivity (Wildman–Crippen MR) is 63.5 cm³/mol. The Hall–Kier alpha value is -1.55. The maximum atomic E-state index is 9.18. The maximum Gasteiger partial charge on any atom is 0.192 e. The van der Waals surface area contributed by atoms with Crippen molar-refractivity contribution in [3.8, 4) is 0 Å². The lowest BCUT2D eigenvalue weighted by atomic mass is 10.1. The summed E-state index contributed by atoms with van der Waals surface area (Å²) in [6.07, 6.45) is 0. The molecule has 0 unspecified atom stereocenters. The molecule has 0 fully saturated rings. The fourth-order valence-corrected chi connectivity index (χ4v) is 1.55. The molecule has 0 aliphatic rings. The van der Waals surface area contributed by atoms with Crippen molar-refractivity contribution in [2.45, 2.75) is 26.3 Å². The summed E-state index contributed by atoms with van der Waals surface area (Å²) in [5, 5.41) is 12.4. The zero-order chi connectivity index (χ0) is 11.8. The topological polar surface area (TPSA) is 58.3 Å². The van der Waals surface area contributed by atoms with Crippen LogP contribution in [0.1, 0.15) is 19.7 Å². The van der Waals surface area contributed by atoms with Gasteiger partial charge in [0.25, 0.3) is 0 Å². The number of aryl methyl sites for hydroxylation is 1. The first-order valence-corrected chi connectivity index (χ1v) is 5.26. The molecule has 0 radical (unpaired) electrons. The second-order valence-electron chi connectivity index (χ2n) is 4.58. The van der Waals surface area contributed by atoms with E-state index in [2.05, 4.69) is 10.3 Å². The monoisotopic (exact) mass is 220 g/mol. The van der Waals surface area contributed by atoms with Crippen LogP contribution in [0, 0.1) is 6.92 Å². The number of aliphatic hydroxyl groups is 1. The van der Waals surface area contributed by atoms with Gasteiger partial charge in [0, 0.05) is 12.6 Å².